The van der Waals surface area contributed by atoms with Gasteiger partial charge in [0.25, 0.3) is 3.79 Å². The summed E-state index contributed by atoms with van der Waals surface area (Å²) < 4.78 is 18.4. The Morgan fingerprint density at radius 2 is 2.19 bits per heavy atom. The molecule has 0 saturated heterocycles. The van der Waals surface area contributed by atoms with Crippen molar-refractivity contribution >= 4 is 40.7 Å². The fraction of sp³-hybridized carbons (Fsp3) is 0.375. The van der Waals surface area contributed by atoms with Crippen LogP contribution in [-0.4, -0.2) is 22.8 Å². The summed E-state index contributed by atoms with van der Waals surface area (Å²) in [5, 5.41) is 7.39. The van der Waals surface area contributed by atoms with Crippen molar-refractivity contribution < 1.29 is 18.9 Å². The standard InChI is InChI=1S/C8H6Cl3NO4/c9-8(10,11)7(12)16-6-5-4(1-2-13-6)14-3-15-5/h1-2,6,12H,3H2. The van der Waals surface area contributed by atoms with Crippen molar-refractivity contribution in [3.63, 3.8) is 0 Å². The highest BCUT2D eigenvalue weighted by Crippen LogP contribution is 2.32. The molecule has 2 aliphatic heterocycles. The Bertz CT molecular complexity index is 374. The van der Waals surface area contributed by atoms with Crippen molar-refractivity contribution in [1.82, 2.24) is 0 Å². The largest absolute Gasteiger partial charge is 0.455 e. The summed E-state index contributed by atoms with van der Waals surface area (Å²) in [5.74, 6) is 0.245. The molecule has 0 aliphatic carbocycles. The minimum atomic E-state index is -1.94. The van der Waals surface area contributed by atoms with Crippen LogP contribution < -0.4 is 0 Å². The second kappa shape index (κ2) is 4.24. The molecule has 0 aromatic rings. The third-order valence-corrected chi connectivity index (χ3v) is 2.30. The van der Waals surface area contributed by atoms with Gasteiger partial charge in [0.15, 0.2) is 5.76 Å². The predicted octanol–water partition coefficient (Wildman–Crippen LogP) is 2.44. The second-order valence-electron chi connectivity index (χ2n) is 2.85. The van der Waals surface area contributed by atoms with Gasteiger partial charge < -0.3 is 18.9 Å². The van der Waals surface area contributed by atoms with Gasteiger partial charge in [-0.05, 0) is 0 Å². The molecule has 0 fully saturated rings. The summed E-state index contributed by atoms with van der Waals surface area (Å²) in [4.78, 5) is 0. The topological polar surface area (TPSA) is 60.8 Å². The highest BCUT2D eigenvalue weighted by Gasteiger charge is 2.36. The quantitative estimate of drug-likeness (QED) is 0.457. The lowest BCUT2D eigenvalue weighted by Gasteiger charge is -2.22. The van der Waals surface area contributed by atoms with E-state index in [9.17, 15) is 0 Å². The minimum absolute atomic E-state index is 0.0688. The molecule has 0 bridgehead atoms. The molecule has 2 rings (SSSR count). The Morgan fingerprint density at radius 3 is 2.88 bits per heavy atom. The first kappa shape index (κ1) is 11.7. The van der Waals surface area contributed by atoms with E-state index in [4.69, 9.17) is 59.2 Å². The summed E-state index contributed by atoms with van der Waals surface area (Å²) >= 11 is 16.4. The lowest BCUT2D eigenvalue weighted by atomic mass is 10.3. The van der Waals surface area contributed by atoms with Crippen LogP contribution in [0.4, 0.5) is 0 Å². The van der Waals surface area contributed by atoms with E-state index in [-0.39, 0.29) is 6.79 Å². The van der Waals surface area contributed by atoms with E-state index < -0.39 is 16.0 Å². The number of nitrogens with one attached hydrogen (secondary N) is 1. The monoisotopic (exact) mass is 285 g/mol. The first-order valence-electron chi connectivity index (χ1n) is 4.12. The maximum atomic E-state index is 7.39. The zero-order valence-corrected chi connectivity index (χ0v) is 9.97. The lowest BCUT2D eigenvalue weighted by Crippen LogP contribution is -2.30. The molecule has 0 aromatic heterocycles. The van der Waals surface area contributed by atoms with Gasteiger partial charge in [-0.3, -0.25) is 5.41 Å². The van der Waals surface area contributed by atoms with Gasteiger partial charge in [0.05, 0.1) is 6.26 Å². The van der Waals surface area contributed by atoms with Crippen LogP contribution in [0, 0.1) is 5.41 Å². The van der Waals surface area contributed by atoms with E-state index in [1.807, 2.05) is 0 Å². The number of allylic oxidation sites excluding steroid dienone is 1. The van der Waals surface area contributed by atoms with Crippen molar-refractivity contribution in [1.29, 1.82) is 5.41 Å². The van der Waals surface area contributed by atoms with Gasteiger partial charge in [0, 0.05) is 6.08 Å². The first-order valence-corrected chi connectivity index (χ1v) is 5.26. The van der Waals surface area contributed by atoms with Crippen molar-refractivity contribution in [2.75, 3.05) is 6.79 Å². The minimum Gasteiger partial charge on any atom is -0.455 e. The van der Waals surface area contributed by atoms with Gasteiger partial charge in [-0.1, -0.05) is 34.8 Å². The van der Waals surface area contributed by atoms with Crippen LogP contribution >= 0.6 is 34.8 Å². The number of hydrogen-bond donors (Lipinski definition) is 1. The van der Waals surface area contributed by atoms with E-state index >= 15 is 0 Å². The predicted molar refractivity (Wildman–Crippen MR) is 57.2 cm³/mol. The molecule has 88 valence electrons. The zero-order valence-electron chi connectivity index (χ0n) is 7.71. The van der Waals surface area contributed by atoms with Crippen LogP contribution in [0.5, 0.6) is 0 Å². The lowest BCUT2D eigenvalue weighted by molar-refractivity contribution is -0.0549. The van der Waals surface area contributed by atoms with Gasteiger partial charge >= 0.3 is 6.29 Å². The maximum Gasteiger partial charge on any atom is 0.304 e. The smallest absolute Gasteiger partial charge is 0.304 e. The summed E-state index contributed by atoms with van der Waals surface area (Å²) in [5.41, 5.74) is 0. The fourth-order valence-electron chi connectivity index (χ4n) is 1.10. The molecule has 1 atom stereocenters. The maximum absolute atomic E-state index is 7.39. The van der Waals surface area contributed by atoms with Crippen LogP contribution in [0.1, 0.15) is 0 Å². The number of hydrogen-bond acceptors (Lipinski definition) is 5. The van der Waals surface area contributed by atoms with Crippen molar-refractivity contribution in [3.05, 3.63) is 23.9 Å². The summed E-state index contributed by atoms with van der Waals surface area (Å²) in [7, 11) is 0. The third-order valence-electron chi connectivity index (χ3n) is 1.79. The van der Waals surface area contributed by atoms with E-state index in [1.165, 1.54) is 6.26 Å². The molecular weight excluding hydrogens is 280 g/mol. The molecule has 16 heavy (non-hydrogen) atoms. The number of rotatable bonds is 1. The highest BCUT2D eigenvalue weighted by molar-refractivity contribution is 6.76. The van der Waals surface area contributed by atoms with Gasteiger partial charge in [0.2, 0.25) is 18.4 Å². The van der Waals surface area contributed by atoms with Gasteiger partial charge in [-0.25, -0.2) is 0 Å². The van der Waals surface area contributed by atoms with E-state index in [1.54, 1.807) is 6.08 Å². The van der Waals surface area contributed by atoms with Gasteiger partial charge in [0.1, 0.15) is 0 Å². The van der Waals surface area contributed by atoms with E-state index in [2.05, 4.69) is 0 Å². The number of halogens is 3. The molecule has 0 amide bonds. The van der Waals surface area contributed by atoms with Crippen LogP contribution in [0.2, 0.25) is 0 Å². The van der Waals surface area contributed by atoms with Crippen LogP contribution in [0.25, 0.3) is 0 Å². The van der Waals surface area contributed by atoms with Crippen molar-refractivity contribution in [2.24, 2.45) is 0 Å². The fourth-order valence-corrected chi connectivity index (χ4v) is 1.24. The molecule has 8 heteroatoms. The van der Waals surface area contributed by atoms with Crippen LogP contribution in [-0.2, 0) is 18.9 Å². The Morgan fingerprint density at radius 1 is 1.44 bits per heavy atom. The highest BCUT2D eigenvalue weighted by atomic mass is 35.6. The molecule has 1 unspecified atom stereocenters. The summed E-state index contributed by atoms with van der Waals surface area (Å²) in [6.45, 7) is 0.0688. The second-order valence-corrected chi connectivity index (χ2v) is 5.13. The van der Waals surface area contributed by atoms with Crippen molar-refractivity contribution in [2.45, 2.75) is 10.1 Å². The Hall–Kier alpha value is -0.780. The molecule has 0 aromatic carbocycles. The Labute approximate surface area is 106 Å². The van der Waals surface area contributed by atoms with Crippen molar-refractivity contribution in [3.8, 4) is 0 Å². The Kier molecular flexibility index (Phi) is 3.10. The molecular formula is C8H6Cl3NO4. The first-order chi connectivity index (χ1) is 7.48. The molecule has 5 nitrogen and oxygen atoms in total. The average Bonchev–Trinajstić information content (AvgIpc) is 2.65. The Balaban J connectivity index is 2.07. The van der Waals surface area contributed by atoms with Gasteiger partial charge in [-0.2, -0.15) is 0 Å². The summed E-state index contributed by atoms with van der Waals surface area (Å²) in [6.07, 6.45) is 1.95. The molecule has 1 N–H and O–H groups in total. The number of ether oxygens (including phenoxy) is 4. The normalized spacial score (nSPS) is 23.1. The molecule has 0 spiro atoms. The molecule has 2 heterocycles. The average molecular weight is 286 g/mol. The van der Waals surface area contributed by atoms with E-state index in [0.29, 0.717) is 11.5 Å². The van der Waals surface area contributed by atoms with Crippen LogP contribution in [0.3, 0.4) is 0 Å². The SMILES string of the molecule is N=C(OC1OC=CC2=C1OCO2)C(Cl)(Cl)Cl. The summed E-state index contributed by atoms with van der Waals surface area (Å²) in [6, 6.07) is 0. The third kappa shape index (κ3) is 2.31. The van der Waals surface area contributed by atoms with E-state index in [0.717, 1.165) is 0 Å². The molecule has 0 radical (unpaired) electrons. The number of alkyl halides is 3. The molecule has 0 saturated carbocycles. The zero-order chi connectivity index (χ0) is 11.8. The van der Waals surface area contributed by atoms with Gasteiger partial charge in [-0.15, -0.1) is 0 Å². The molecule has 2 aliphatic rings. The van der Waals surface area contributed by atoms with Crippen LogP contribution in [0.15, 0.2) is 23.9 Å².